The Morgan fingerprint density at radius 2 is 2.05 bits per heavy atom. The molecule has 0 heterocycles. The number of rotatable bonds is 3. The smallest absolute Gasteiger partial charge is 0.306 e. The minimum absolute atomic E-state index is 0.0596. The van der Waals surface area contributed by atoms with Crippen molar-refractivity contribution in [1.82, 2.24) is 0 Å². The molecule has 3 heteroatoms. The van der Waals surface area contributed by atoms with Crippen molar-refractivity contribution < 1.29 is 9.53 Å². The van der Waals surface area contributed by atoms with E-state index in [1.54, 1.807) is 0 Å². The van der Waals surface area contributed by atoms with Crippen LogP contribution in [0.2, 0.25) is 0 Å². The standard InChI is InChI=1S/C16H27NO2/c1-15(2,3)19-14(18)8-16(9-17)7-12-11-5-4-10(11)6-13(12)16/h10-13H,4-9,17H2,1-3H3/t10-,11-,12+,13-,16-/m1/s1. The van der Waals surface area contributed by atoms with E-state index in [2.05, 4.69) is 0 Å². The van der Waals surface area contributed by atoms with Crippen LogP contribution in [0.4, 0.5) is 0 Å². The van der Waals surface area contributed by atoms with Crippen molar-refractivity contribution in [1.29, 1.82) is 0 Å². The molecule has 0 bridgehead atoms. The molecule has 0 aliphatic heterocycles. The van der Waals surface area contributed by atoms with Crippen LogP contribution >= 0.6 is 0 Å². The summed E-state index contributed by atoms with van der Waals surface area (Å²) >= 11 is 0. The number of hydrogen-bond donors (Lipinski definition) is 1. The fourth-order valence-electron chi connectivity index (χ4n) is 4.88. The predicted octanol–water partition coefficient (Wildman–Crippen LogP) is 2.73. The van der Waals surface area contributed by atoms with E-state index >= 15 is 0 Å². The molecule has 3 aliphatic carbocycles. The summed E-state index contributed by atoms with van der Waals surface area (Å²) in [6.07, 6.45) is 5.83. The van der Waals surface area contributed by atoms with Crippen LogP contribution in [0.25, 0.3) is 0 Å². The third-order valence-electron chi connectivity index (χ3n) is 5.85. The largest absolute Gasteiger partial charge is 0.460 e. The zero-order chi connectivity index (χ0) is 13.8. The Hall–Kier alpha value is -0.570. The summed E-state index contributed by atoms with van der Waals surface area (Å²) in [6.45, 7) is 6.44. The lowest BCUT2D eigenvalue weighted by Gasteiger charge is -2.54. The first-order valence-electron chi connectivity index (χ1n) is 7.76. The lowest BCUT2D eigenvalue weighted by atomic mass is 9.51. The zero-order valence-corrected chi connectivity index (χ0v) is 12.4. The molecule has 3 aliphatic rings. The van der Waals surface area contributed by atoms with Crippen LogP contribution in [0.1, 0.15) is 52.9 Å². The van der Waals surface area contributed by atoms with Crippen LogP contribution in [-0.4, -0.2) is 18.1 Å². The van der Waals surface area contributed by atoms with Crippen molar-refractivity contribution >= 4 is 5.97 Å². The maximum absolute atomic E-state index is 12.1. The summed E-state index contributed by atoms with van der Waals surface area (Å²) in [5.74, 6) is 3.41. The van der Waals surface area contributed by atoms with Gasteiger partial charge in [-0.2, -0.15) is 0 Å². The molecule has 0 aromatic rings. The van der Waals surface area contributed by atoms with Gasteiger partial charge in [-0.3, -0.25) is 4.79 Å². The molecule has 0 radical (unpaired) electrons. The van der Waals surface area contributed by atoms with Gasteiger partial charge >= 0.3 is 5.97 Å². The van der Waals surface area contributed by atoms with Gasteiger partial charge in [0, 0.05) is 0 Å². The summed E-state index contributed by atoms with van der Waals surface area (Å²) in [5, 5.41) is 0. The molecule has 2 N–H and O–H groups in total. The second-order valence-corrected chi connectivity index (χ2v) is 8.04. The Bertz CT molecular complexity index is 387. The minimum Gasteiger partial charge on any atom is -0.460 e. The summed E-state index contributed by atoms with van der Waals surface area (Å²) in [4.78, 5) is 12.1. The molecule has 3 nitrogen and oxygen atoms in total. The van der Waals surface area contributed by atoms with Gasteiger partial charge in [0.15, 0.2) is 0 Å². The molecule has 0 amide bonds. The average molecular weight is 265 g/mol. The maximum atomic E-state index is 12.1. The van der Waals surface area contributed by atoms with Crippen LogP contribution in [0.15, 0.2) is 0 Å². The van der Waals surface area contributed by atoms with Gasteiger partial charge in [-0.1, -0.05) is 0 Å². The fourth-order valence-corrected chi connectivity index (χ4v) is 4.88. The molecular weight excluding hydrogens is 238 g/mol. The second kappa shape index (κ2) is 4.21. The van der Waals surface area contributed by atoms with Crippen LogP contribution < -0.4 is 5.73 Å². The van der Waals surface area contributed by atoms with Crippen LogP contribution in [0.3, 0.4) is 0 Å². The van der Waals surface area contributed by atoms with Crippen LogP contribution in [0, 0.1) is 29.1 Å². The van der Waals surface area contributed by atoms with Crippen LogP contribution in [0.5, 0.6) is 0 Å². The number of esters is 1. The third-order valence-corrected chi connectivity index (χ3v) is 5.85. The van der Waals surface area contributed by atoms with E-state index in [0.29, 0.717) is 18.9 Å². The van der Waals surface area contributed by atoms with Gasteiger partial charge in [-0.25, -0.2) is 0 Å². The first-order chi connectivity index (χ1) is 8.85. The molecule has 19 heavy (non-hydrogen) atoms. The third kappa shape index (κ3) is 2.10. The normalized spacial score (nSPS) is 43.8. The van der Waals surface area contributed by atoms with Crippen molar-refractivity contribution in [3.05, 3.63) is 0 Å². The number of nitrogens with two attached hydrogens (primary N) is 1. The van der Waals surface area contributed by atoms with E-state index in [0.717, 1.165) is 24.2 Å². The molecule has 3 fully saturated rings. The maximum Gasteiger partial charge on any atom is 0.306 e. The van der Waals surface area contributed by atoms with E-state index in [9.17, 15) is 4.79 Å². The summed E-state index contributed by atoms with van der Waals surface area (Å²) in [5.41, 5.74) is 5.72. The highest BCUT2D eigenvalue weighted by Crippen LogP contribution is 2.68. The van der Waals surface area contributed by atoms with Crippen molar-refractivity contribution in [2.75, 3.05) is 6.54 Å². The van der Waals surface area contributed by atoms with Crippen LogP contribution in [-0.2, 0) is 9.53 Å². The second-order valence-electron chi connectivity index (χ2n) is 8.04. The van der Waals surface area contributed by atoms with E-state index in [-0.39, 0.29) is 17.0 Å². The number of fused-ring (bicyclic) bond motifs is 3. The Morgan fingerprint density at radius 1 is 1.32 bits per heavy atom. The molecule has 0 aromatic carbocycles. The average Bonchev–Trinajstić information content (AvgIpc) is 2.41. The highest BCUT2D eigenvalue weighted by atomic mass is 16.6. The van der Waals surface area contributed by atoms with E-state index in [1.807, 2.05) is 20.8 Å². The number of ether oxygens (including phenoxy) is 1. The number of hydrogen-bond acceptors (Lipinski definition) is 3. The van der Waals surface area contributed by atoms with E-state index in [4.69, 9.17) is 10.5 Å². The molecule has 0 spiro atoms. The number of carbonyl (C=O) groups is 1. The van der Waals surface area contributed by atoms with Gasteiger partial charge < -0.3 is 10.5 Å². The van der Waals surface area contributed by atoms with Gasteiger partial charge in [-0.15, -0.1) is 0 Å². The summed E-state index contributed by atoms with van der Waals surface area (Å²) in [6, 6.07) is 0. The molecule has 0 saturated heterocycles. The van der Waals surface area contributed by atoms with Crippen molar-refractivity contribution in [3.63, 3.8) is 0 Å². The first-order valence-corrected chi connectivity index (χ1v) is 7.76. The van der Waals surface area contributed by atoms with Crippen molar-refractivity contribution in [2.45, 2.75) is 58.5 Å². The van der Waals surface area contributed by atoms with Gasteiger partial charge in [-0.05, 0) is 82.1 Å². The predicted molar refractivity (Wildman–Crippen MR) is 74.4 cm³/mol. The highest BCUT2D eigenvalue weighted by molar-refractivity contribution is 5.71. The molecular formula is C16H27NO2. The molecule has 0 aromatic heterocycles. The lowest BCUT2D eigenvalue weighted by Crippen LogP contribution is -2.53. The highest BCUT2D eigenvalue weighted by Gasteiger charge is 2.63. The summed E-state index contributed by atoms with van der Waals surface area (Å²) < 4.78 is 5.49. The first kappa shape index (κ1) is 13.4. The molecule has 3 saturated carbocycles. The topological polar surface area (TPSA) is 52.3 Å². The van der Waals surface area contributed by atoms with E-state index in [1.165, 1.54) is 19.3 Å². The molecule has 3 rings (SSSR count). The molecule has 5 atom stereocenters. The van der Waals surface area contributed by atoms with Crippen molar-refractivity contribution in [3.8, 4) is 0 Å². The SMILES string of the molecule is CC(C)(C)OC(=O)C[C@@]1(CN)C[C@H]2[C@@H]3CC[C@@H]3C[C@H]21. The van der Waals surface area contributed by atoms with Gasteiger partial charge in [0.25, 0.3) is 0 Å². The fraction of sp³-hybridized carbons (Fsp3) is 0.938. The Morgan fingerprint density at radius 3 is 2.53 bits per heavy atom. The van der Waals surface area contributed by atoms with Gasteiger partial charge in [0.05, 0.1) is 6.42 Å². The number of carbonyl (C=O) groups excluding carboxylic acids is 1. The Labute approximate surface area is 116 Å². The van der Waals surface area contributed by atoms with Gasteiger partial charge in [0.2, 0.25) is 0 Å². The monoisotopic (exact) mass is 265 g/mol. The Balaban J connectivity index is 1.64. The molecule has 0 unspecified atom stereocenters. The minimum atomic E-state index is -0.384. The van der Waals surface area contributed by atoms with Crippen molar-refractivity contribution in [2.24, 2.45) is 34.8 Å². The quantitative estimate of drug-likeness (QED) is 0.798. The summed E-state index contributed by atoms with van der Waals surface area (Å²) in [7, 11) is 0. The van der Waals surface area contributed by atoms with Gasteiger partial charge in [0.1, 0.15) is 5.60 Å². The van der Waals surface area contributed by atoms with E-state index < -0.39 is 0 Å². The lowest BCUT2D eigenvalue weighted by molar-refractivity contribution is -0.163. The zero-order valence-electron chi connectivity index (χ0n) is 12.4. The Kier molecular flexibility index (Phi) is 2.97. The molecule has 108 valence electrons.